The number of nitrogens with one attached hydrogen (secondary N) is 1. The summed E-state index contributed by atoms with van der Waals surface area (Å²) in [5, 5.41) is 3.34. The van der Waals surface area contributed by atoms with Gasteiger partial charge in [0.25, 0.3) is 0 Å². The maximum Gasteiger partial charge on any atom is 0.162 e. The molecule has 0 saturated heterocycles. The van der Waals surface area contributed by atoms with Gasteiger partial charge in [0.15, 0.2) is 5.78 Å². The third-order valence-electron chi connectivity index (χ3n) is 5.49. The summed E-state index contributed by atoms with van der Waals surface area (Å²) in [5.74, 6) is 0.919. The number of rotatable bonds is 5. The molecule has 0 bridgehead atoms. The molecule has 0 aliphatic carbocycles. The van der Waals surface area contributed by atoms with Crippen molar-refractivity contribution < 1.29 is 18.7 Å². The monoisotopic (exact) mass is 405 g/mol. The van der Waals surface area contributed by atoms with E-state index in [1.165, 1.54) is 19.2 Å². The van der Waals surface area contributed by atoms with Crippen LogP contribution in [0.1, 0.15) is 25.0 Å². The lowest BCUT2D eigenvalue weighted by Gasteiger charge is -2.34. The molecule has 0 unspecified atom stereocenters. The fourth-order valence-corrected chi connectivity index (χ4v) is 3.78. The first-order valence-electron chi connectivity index (χ1n) is 9.87. The van der Waals surface area contributed by atoms with Crippen molar-refractivity contribution in [2.45, 2.75) is 32.4 Å². The van der Waals surface area contributed by atoms with E-state index in [1.807, 2.05) is 56.3 Å². The Morgan fingerprint density at radius 1 is 1.03 bits per heavy atom. The third-order valence-corrected chi connectivity index (χ3v) is 5.49. The Labute approximate surface area is 175 Å². The molecule has 0 radical (unpaired) electrons. The van der Waals surface area contributed by atoms with Gasteiger partial charge in [-0.2, -0.15) is 0 Å². The number of benzene rings is 3. The van der Waals surface area contributed by atoms with E-state index in [9.17, 15) is 9.18 Å². The van der Waals surface area contributed by atoms with E-state index in [2.05, 4.69) is 5.32 Å². The van der Waals surface area contributed by atoms with Crippen molar-refractivity contribution in [3.05, 3.63) is 77.6 Å². The summed E-state index contributed by atoms with van der Waals surface area (Å²) in [6.45, 7) is 4.04. The highest BCUT2D eigenvalue weighted by atomic mass is 19.1. The van der Waals surface area contributed by atoms with Gasteiger partial charge in [-0.3, -0.25) is 4.79 Å². The highest BCUT2D eigenvalue weighted by Gasteiger charge is 2.34. The quantitative estimate of drug-likeness (QED) is 0.618. The molecular weight excluding hydrogens is 381 g/mol. The SMILES string of the molecule is COc1cc(F)ccc1-c1ccc2c(c1COc1ccccc1)CC(=O)C(C)(C)N2. The van der Waals surface area contributed by atoms with Crippen LogP contribution in [0.3, 0.4) is 0 Å². The lowest BCUT2D eigenvalue weighted by atomic mass is 9.83. The lowest BCUT2D eigenvalue weighted by Crippen LogP contribution is -2.45. The van der Waals surface area contributed by atoms with E-state index in [-0.39, 0.29) is 18.2 Å². The second-order valence-electron chi connectivity index (χ2n) is 7.91. The highest BCUT2D eigenvalue weighted by molar-refractivity contribution is 5.97. The van der Waals surface area contributed by atoms with Crippen LogP contribution in [0.15, 0.2) is 60.7 Å². The number of carbonyl (C=O) groups excluding carboxylic acids is 1. The number of methoxy groups -OCH3 is 1. The van der Waals surface area contributed by atoms with Gasteiger partial charge in [-0.15, -0.1) is 0 Å². The van der Waals surface area contributed by atoms with Gasteiger partial charge in [-0.1, -0.05) is 24.3 Å². The lowest BCUT2D eigenvalue weighted by molar-refractivity contribution is -0.122. The first kappa shape index (κ1) is 20.0. The van der Waals surface area contributed by atoms with Gasteiger partial charge in [0.2, 0.25) is 0 Å². The molecule has 3 aromatic carbocycles. The maximum absolute atomic E-state index is 13.8. The molecule has 0 spiro atoms. The van der Waals surface area contributed by atoms with Crippen LogP contribution in [0.25, 0.3) is 11.1 Å². The van der Waals surface area contributed by atoms with E-state index in [0.29, 0.717) is 12.2 Å². The second-order valence-corrected chi connectivity index (χ2v) is 7.91. The molecule has 0 saturated carbocycles. The molecule has 1 heterocycles. The zero-order valence-corrected chi connectivity index (χ0v) is 17.3. The number of halogens is 1. The number of fused-ring (bicyclic) bond motifs is 1. The summed E-state index contributed by atoms with van der Waals surface area (Å²) in [7, 11) is 1.52. The smallest absolute Gasteiger partial charge is 0.162 e. The molecule has 0 aromatic heterocycles. The maximum atomic E-state index is 13.8. The van der Waals surface area contributed by atoms with Crippen LogP contribution in [-0.2, 0) is 17.8 Å². The molecule has 1 aliphatic heterocycles. The van der Waals surface area contributed by atoms with Gasteiger partial charge in [-0.05, 0) is 55.3 Å². The largest absolute Gasteiger partial charge is 0.496 e. The van der Waals surface area contributed by atoms with Crippen molar-refractivity contribution in [2.24, 2.45) is 0 Å². The molecule has 1 aliphatic rings. The van der Waals surface area contributed by atoms with E-state index >= 15 is 0 Å². The first-order valence-corrected chi connectivity index (χ1v) is 9.87. The normalized spacial score (nSPS) is 14.6. The predicted octanol–water partition coefficient (Wildman–Crippen LogP) is 5.40. The van der Waals surface area contributed by atoms with Gasteiger partial charge in [0, 0.05) is 29.3 Å². The fraction of sp³-hybridized carbons (Fsp3) is 0.240. The second kappa shape index (κ2) is 7.82. The zero-order chi connectivity index (χ0) is 21.3. The van der Waals surface area contributed by atoms with Crippen molar-refractivity contribution in [2.75, 3.05) is 12.4 Å². The van der Waals surface area contributed by atoms with Crippen molar-refractivity contribution in [3.63, 3.8) is 0 Å². The van der Waals surface area contributed by atoms with E-state index < -0.39 is 5.54 Å². The van der Waals surface area contributed by atoms with Crippen LogP contribution in [0, 0.1) is 5.82 Å². The number of hydrogen-bond donors (Lipinski definition) is 1. The van der Waals surface area contributed by atoms with Gasteiger partial charge in [0.05, 0.1) is 12.6 Å². The summed E-state index contributed by atoms with van der Waals surface area (Å²) in [6.07, 6.45) is 0.306. The topological polar surface area (TPSA) is 47.6 Å². The molecular formula is C25H24FNO3. The summed E-state index contributed by atoms with van der Waals surface area (Å²) in [6, 6.07) is 17.9. The van der Waals surface area contributed by atoms with Gasteiger partial charge >= 0.3 is 0 Å². The molecule has 0 amide bonds. The van der Waals surface area contributed by atoms with E-state index in [4.69, 9.17) is 9.47 Å². The van der Waals surface area contributed by atoms with E-state index in [0.717, 1.165) is 33.7 Å². The predicted molar refractivity (Wildman–Crippen MR) is 116 cm³/mol. The number of ketones is 1. The van der Waals surface area contributed by atoms with Crippen molar-refractivity contribution in [1.29, 1.82) is 0 Å². The van der Waals surface area contributed by atoms with Crippen LogP contribution in [-0.4, -0.2) is 18.4 Å². The van der Waals surface area contributed by atoms with Crippen LogP contribution in [0.5, 0.6) is 11.5 Å². The first-order chi connectivity index (χ1) is 14.4. The van der Waals surface area contributed by atoms with Crippen LogP contribution >= 0.6 is 0 Å². The van der Waals surface area contributed by atoms with Crippen molar-refractivity contribution >= 4 is 11.5 Å². The van der Waals surface area contributed by atoms with Crippen LogP contribution in [0.2, 0.25) is 0 Å². The van der Waals surface area contributed by atoms with Gasteiger partial charge in [-0.25, -0.2) is 4.39 Å². The van der Waals surface area contributed by atoms with Crippen molar-refractivity contribution in [1.82, 2.24) is 0 Å². The molecule has 154 valence electrons. The van der Waals surface area contributed by atoms with Crippen molar-refractivity contribution in [3.8, 4) is 22.6 Å². The summed E-state index contributed by atoms with van der Waals surface area (Å²) in [5.41, 5.74) is 3.69. The number of carbonyl (C=O) groups is 1. The minimum Gasteiger partial charge on any atom is -0.496 e. The molecule has 1 N–H and O–H groups in total. The number of anilines is 1. The average Bonchev–Trinajstić information content (AvgIpc) is 2.73. The fourth-order valence-electron chi connectivity index (χ4n) is 3.78. The van der Waals surface area contributed by atoms with E-state index in [1.54, 1.807) is 6.07 Å². The standard InChI is InChI=1S/C25H24FNO3/c1-25(2)24(28)14-20-21(15-30-17-7-5-4-6-8-17)18(11-12-22(20)27-25)19-10-9-16(26)13-23(19)29-3/h4-13,27H,14-15H2,1-3H3. The minimum absolute atomic E-state index is 0.110. The number of para-hydroxylation sites is 1. The molecule has 0 fully saturated rings. The Bertz CT molecular complexity index is 1090. The summed E-state index contributed by atoms with van der Waals surface area (Å²) < 4.78 is 25.3. The average molecular weight is 405 g/mol. The zero-order valence-electron chi connectivity index (χ0n) is 17.3. The number of ether oxygens (including phenoxy) is 2. The molecule has 4 rings (SSSR count). The summed E-state index contributed by atoms with van der Waals surface area (Å²) in [4.78, 5) is 12.7. The highest BCUT2D eigenvalue weighted by Crippen LogP contribution is 2.40. The Morgan fingerprint density at radius 2 is 1.77 bits per heavy atom. The number of hydrogen-bond acceptors (Lipinski definition) is 4. The minimum atomic E-state index is -0.625. The Balaban J connectivity index is 1.84. The third kappa shape index (κ3) is 3.75. The molecule has 30 heavy (non-hydrogen) atoms. The Hall–Kier alpha value is -3.34. The van der Waals surface area contributed by atoms with Crippen LogP contribution < -0.4 is 14.8 Å². The Morgan fingerprint density at radius 3 is 2.50 bits per heavy atom. The van der Waals surface area contributed by atoms with Crippen LogP contribution in [0.4, 0.5) is 10.1 Å². The van der Waals surface area contributed by atoms with Gasteiger partial charge in [0.1, 0.15) is 23.9 Å². The number of Topliss-reactive ketones (excluding diaryl/α,β-unsaturated/α-hetero) is 1. The van der Waals surface area contributed by atoms with Gasteiger partial charge < -0.3 is 14.8 Å². The Kier molecular flexibility index (Phi) is 5.20. The summed E-state index contributed by atoms with van der Waals surface area (Å²) >= 11 is 0. The molecule has 5 heteroatoms. The molecule has 0 atom stereocenters. The molecule has 4 nitrogen and oxygen atoms in total. The molecule has 3 aromatic rings.